The number of pyridine rings is 1. The van der Waals surface area contributed by atoms with Gasteiger partial charge in [-0.3, -0.25) is 4.79 Å². The molecule has 0 atom stereocenters. The summed E-state index contributed by atoms with van der Waals surface area (Å²) in [6, 6.07) is 16.8. The molecule has 3 aromatic rings. The van der Waals surface area contributed by atoms with Gasteiger partial charge in [-0.25, -0.2) is 4.98 Å². The van der Waals surface area contributed by atoms with Gasteiger partial charge < -0.3 is 4.74 Å². The van der Waals surface area contributed by atoms with Crippen molar-refractivity contribution in [3.8, 4) is 11.5 Å². The number of hydrogen-bond acceptors (Lipinski definition) is 3. The molecule has 1 aromatic heterocycles. The normalized spacial score (nSPS) is 10.6. The standard InChI is InChI=1S/C17H12ClNO2/c1-11(20)15-9-12-7-8-14(10-16(12)19-17(15)18)21-13-5-3-2-4-6-13/h2-10H,1H3. The molecule has 0 aliphatic heterocycles. The van der Waals surface area contributed by atoms with Gasteiger partial charge in [-0.05, 0) is 37.3 Å². The number of Topliss-reactive ketones (excluding diaryl/α,β-unsaturated/α-hetero) is 1. The van der Waals surface area contributed by atoms with Crippen LogP contribution in [0.1, 0.15) is 17.3 Å². The molecular weight excluding hydrogens is 286 g/mol. The summed E-state index contributed by atoms with van der Waals surface area (Å²) < 4.78 is 5.75. The highest BCUT2D eigenvalue weighted by molar-refractivity contribution is 6.33. The molecule has 2 aromatic carbocycles. The number of hydrogen-bond donors (Lipinski definition) is 0. The topological polar surface area (TPSA) is 39.2 Å². The molecule has 0 amide bonds. The van der Waals surface area contributed by atoms with E-state index in [1.807, 2.05) is 42.5 Å². The van der Waals surface area contributed by atoms with Crippen LogP contribution in [-0.2, 0) is 0 Å². The summed E-state index contributed by atoms with van der Waals surface area (Å²) in [5.74, 6) is 1.33. The maximum Gasteiger partial charge on any atom is 0.162 e. The number of fused-ring (bicyclic) bond motifs is 1. The first-order valence-electron chi connectivity index (χ1n) is 6.47. The molecule has 21 heavy (non-hydrogen) atoms. The average molecular weight is 298 g/mol. The lowest BCUT2D eigenvalue weighted by molar-refractivity contribution is 0.101. The van der Waals surface area contributed by atoms with Crippen LogP contribution in [0.25, 0.3) is 10.9 Å². The lowest BCUT2D eigenvalue weighted by Gasteiger charge is -2.07. The number of para-hydroxylation sites is 1. The van der Waals surface area contributed by atoms with Crippen molar-refractivity contribution < 1.29 is 9.53 Å². The lowest BCUT2D eigenvalue weighted by atomic mass is 10.1. The number of ether oxygens (including phenoxy) is 1. The van der Waals surface area contributed by atoms with Crippen molar-refractivity contribution >= 4 is 28.3 Å². The van der Waals surface area contributed by atoms with E-state index in [1.54, 1.807) is 12.1 Å². The molecule has 0 fully saturated rings. The van der Waals surface area contributed by atoms with Crippen molar-refractivity contribution in [2.45, 2.75) is 6.92 Å². The highest BCUT2D eigenvalue weighted by Gasteiger charge is 2.09. The minimum atomic E-state index is -0.0981. The highest BCUT2D eigenvalue weighted by atomic mass is 35.5. The van der Waals surface area contributed by atoms with Gasteiger partial charge in [0.05, 0.1) is 11.1 Å². The molecule has 0 radical (unpaired) electrons. The summed E-state index contributed by atoms with van der Waals surface area (Å²) in [5.41, 5.74) is 1.12. The van der Waals surface area contributed by atoms with E-state index < -0.39 is 0 Å². The van der Waals surface area contributed by atoms with E-state index in [1.165, 1.54) is 6.92 Å². The van der Waals surface area contributed by atoms with Crippen LogP contribution >= 0.6 is 11.6 Å². The van der Waals surface area contributed by atoms with E-state index in [9.17, 15) is 4.79 Å². The maximum atomic E-state index is 11.5. The van der Waals surface area contributed by atoms with E-state index in [-0.39, 0.29) is 10.9 Å². The minimum Gasteiger partial charge on any atom is -0.457 e. The van der Waals surface area contributed by atoms with Crippen LogP contribution in [0.4, 0.5) is 0 Å². The number of halogens is 1. The summed E-state index contributed by atoms with van der Waals surface area (Å²) in [4.78, 5) is 15.7. The Kier molecular flexibility index (Phi) is 3.59. The molecule has 3 rings (SSSR count). The van der Waals surface area contributed by atoms with Crippen molar-refractivity contribution in [1.29, 1.82) is 0 Å². The number of ketones is 1. The van der Waals surface area contributed by atoms with Crippen molar-refractivity contribution in [3.05, 3.63) is 65.3 Å². The molecule has 0 spiro atoms. The Morgan fingerprint density at radius 3 is 2.52 bits per heavy atom. The maximum absolute atomic E-state index is 11.5. The molecule has 104 valence electrons. The van der Waals surface area contributed by atoms with Gasteiger partial charge in [-0.15, -0.1) is 0 Å². The molecule has 0 saturated heterocycles. The van der Waals surface area contributed by atoms with Crippen molar-refractivity contribution in [3.63, 3.8) is 0 Å². The SMILES string of the molecule is CC(=O)c1cc2ccc(Oc3ccccc3)cc2nc1Cl. The van der Waals surface area contributed by atoms with Gasteiger partial charge in [0.15, 0.2) is 5.78 Å². The Morgan fingerprint density at radius 1 is 1.05 bits per heavy atom. The molecule has 0 aliphatic carbocycles. The number of carbonyl (C=O) groups is 1. The van der Waals surface area contributed by atoms with Crippen molar-refractivity contribution in [1.82, 2.24) is 4.98 Å². The third kappa shape index (κ3) is 2.88. The zero-order chi connectivity index (χ0) is 14.8. The second-order valence-electron chi connectivity index (χ2n) is 4.65. The van der Waals surface area contributed by atoms with E-state index >= 15 is 0 Å². The Bertz CT molecular complexity index is 816. The van der Waals surface area contributed by atoms with E-state index in [0.717, 1.165) is 11.1 Å². The molecule has 0 aliphatic rings. The third-order valence-corrected chi connectivity index (χ3v) is 3.39. The zero-order valence-electron chi connectivity index (χ0n) is 11.3. The fraction of sp³-hybridized carbons (Fsp3) is 0.0588. The van der Waals surface area contributed by atoms with Gasteiger partial charge in [0, 0.05) is 11.5 Å². The predicted octanol–water partition coefficient (Wildman–Crippen LogP) is 4.88. The predicted molar refractivity (Wildman–Crippen MR) is 83.3 cm³/mol. The monoisotopic (exact) mass is 297 g/mol. The average Bonchev–Trinajstić information content (AvgIpc) is 2.47. The summed E-state index contributed by atoms with van der Waals surface area (Å²) >= 11 is 6.04. The molecular formula is C17H12ClNO2. The quantitative estimate of drug-likeness (QED) is 0.511. The van der Waals surface area contributed by atoms with Crippen LogP contribution in [0.3, 0.4) is 0 Å². The Balaban J connectivity index is 2.01. The fourth-order valence-corrected chi connectivity index (χ4v) is 2.34. The number of aromatic nitrogens is 1. The summed E-state index contributed by atoms with van der Waals surface area (Å²) in [7, 11) is 0. The van der Waals surface area contributed by atoms with Crippen LogP contribution < -0.4 is 4.74 Å². The van der Waals surface area contributed by atoms with Crippen LogP contribution in [0, 0.1) is 0 Å². The molecule has 0 N–H and O–H groups in total. The Labute approximate surface area is 127 Å². The lowest BCUT2D eigenvalue weighted by Crippen LogP contribution is -1.96. The zero-order valence-corrected chi connectivity index (χ0v) is 12.1. The smallest absolute Gasteiger partial charge is 0.162 e. The summed E-state index contributed by atoms with van der Waals surface area (Å²) in [5, 5.41) is 1.07. The molecule has 1 heterocycles. The van der Waals surface area contributed by atoms with Crippen molar-refractivity contribution in [2.24, 2.45) is 0 Å². The second kappa shape index (κ2) is 5.54. The molecule has 0 saturated carbocycles. The number of rotatable bonds is 3. The van der Waals surface area contributed by atoms with Crippen LogP contribution in [0.15, 0.2) is 54.6 Å². The van der Waals surface area contributed by atoms with E-state index in [2.05, 4.69) is 4.98 Å². The van der Waals surface area contributed by atoms with Gasteiger partial charge in [-0.2, -0.15) is 0 Å². The first kappa shape index (κ1) is 13.6. The van der Waals surface area contributed by atoms with E-state index in [0.29, 0.717) is 16.8 Å². The number of benzene rings is 2. The van der Waals surface area contributed by atoms with Gasteiger partial charge >= 0.3 is 0 Å². The largest absolute Gasteiger partial charge is 0.457 e. The molecule has 4 heteroatoms. The van der Waals surface area contributed by atoms with Crippen LogP contribution in [0.5, 0.6) is 11.5 Å². The Morgan fingerprint density at radius 2 is 1.81 bits per heavy atom. The van der Waals surface area contributed by atoms with Crippen LogP contribution in [-0.4, -0.2) is 10.8 Å². The summed E-state index contributed by atoms with van der Waals surface area (Å²) in [6.45, 7) is 1.47. The summed E-state index contributed by atoms with van der Waals surface area (Å²) in [6.07, 6.45) is 0. The van der Waals surface area contributed by atoms with Crippen molar-refractivity contribution in [2.75, 3.05) is 0 Å². The Hall–Kier alpha value is -2.39. The first-order chi connectivity index (χ1) is 10.1. The first-order valence-corrected chi connectivity index (χ1v) is 6.85. The molecule has 0 bridgehead atoms. The van der Waals surface area contributed by atoms with Gasteiger partial charge in [0.1, 0.15) is 16.7 Å². The fourth-order valence-electron chi connectivity index (χ4n) is 2.06. The van der Waals surface area contributed by atoms with Gasteiger partial charge in [0.25, 0.3) is 0 Å². The number of carbonyl (C=O) groups excluding carboxylic acids is 1. The van der Waals surface area contributed by atoms with Crippen LogP contribution in [0.2, 0.25) is 5.15 Å². The van der Waals surface area contributed by atoms with E-state index in [4.69, 9.17) is 16.3 Å². The second-order valence-corrected chi connectivity index (χ2v) is 5.01. The molecule has 0 unspecified atom stereocenters. The molecule has 3 nitrogen and oxygen atoms in total. The third-order valence-electron chi connectivity index (χ3n) is 3.10. The highest BCUT2D eigenvalue weighted by Crippen LogP contribution is 2.27. The van der Waals surface area contributed by atoms with Gasteiger partial charge in [0.2, 0.25) is 0 Å². The number of nitrogens with zero attached hydrogens (tertiary/aromatic N) is 1. The minimum absolute atomic E-state index is 0.0981. The van der Waals surface area contributed by atoms with Gasteiger partial charge in [-0.1, -0.05) is 29.8 Å².